The zero-order chi connectivity index (χ0) is 43.1. The van der Waals surface area contributed by atoms with E-state index in [-0.39, 0.29) is 116 Å². The summed E-state index contributed by atoms with van der Waals surface area (Å²) >= 11 is 0. The monoisotopic (exact) mass is 870 g/mol. The second kappa shape index (κ2) is 26.4. The predicted octanol–water partition coefficient (Wildman–Crippen LogP) is 2.81. The number of likely N-dealkylation sites (tertiary alicyclic amines) is 1. The third-order valence-corrected chi connectivity index (χ3v) is 11.0. The first-order valence-corrected chi connectivity index (χ1v) is 20.5. The molecule has 1 aromatic carbocycles. The molecular formula is C42H72Cl2N8O7. The molecule has 0 saturated carbocycles. The van der Waals surface area contributed by atoms with Crippen molar-refractivity contribution in [1.82, 2.24) is 42.1 Å². The number of ketones is 1. The van der Waals surface area contributed by atoms with Crippen LogP contribution in [0.4, 0.5) is 0 Å². The van der Waals surface area contributed by atoms with Gasteiger partial charge in [0.15, 0.2) is 0 Å². The van der Waals surface area contributed by atoms with Crippen molar-refractivity contribution < 1.29 is 33.6 Å². The molecule has 336 valence electrons. The highest BCUT2D eigenvalue weighted by molar-refractivity contribution is 5.95. The molecule has 1 heterocycles. The fourth-order valence-corrected chi connectivity index (χ4v) is 6.49. The van der Waals surface area contributed by atoms with E-state index in [1.165, 1.54) is 4.90 Å². The number of hydrogen-bond acceptors (Lipinski definition) is 9. The molecule has 0 aromatic heterocycles. The fourth-order valence-electron chi connectivity index (χ4n) is 6.49. The van der Waals surface area contributed by atoms with E-state index in [2.05, 4.69) is 37.2 Å². The van der Waals surface area contributed by atoms with Crippen LogP contribution in [0.3, 0.4) is 0 Å². The van der Waals surface area contributed by atoms with Crippen LogP contribution in [0.25, 0.3) is 0 Å². The maximum absolute atomic E-state index is 14.2. The molecule has 0 radical (unpaired) electrons. The third-order valence-electron chi connectivity index (χ3n) is 11.0. The van der Waals surface area contributed by atoms with Crippen molar-refractivity contribution in [3.8, 4) is 0 Å². The van der Waals surface area contributed by atoms with E-state index >= 15 is 0 Å². The number of likely N-dealkylation sites (N-methyl/N-ethyl adjacent to an activating group) is 2. The highest BCUT2D eigenvalue weighted by atomic mass is 35.5. The topological polar surface area (TPSA) is 207 Å². The van der Waals surface area contributed by atoms with Gasteiger partial charge < -0.3 is 42.1 Å². The van der Waals surface area contributed by atoms with Crippen LogP contribution in [0, 0.1) is 23.7 Å². The van der Waals surface area contributed by atoms with Crippen LogP contribution < -0.4 is 37.2 Å². The molecule has 0 spiro atoms. The number of rotatable bonds is 22. The number of carbonyl (C=O) groups is 7. The first kappa shape index (κ1) is 55.2. The van der Waals surface area contributed by atoms with Crippen molar-refractivity contribution in [1.29, 1.82) is 0 Å². The SMILES string of the molecule is CN[C@@H](C)C(=O)N[C@H](C(=O)N1C[C@@H](CC(=O)CC[C@@H](NC(=O)[C@H](NC(=O)[C@@H](C)NC)C(C)C)C(=O)N[C@@H](C)C(C)C)C[C@H]1C(=O)N[C@H](C)c1ccccc1)C(C)C.Cl.Cl. The van der Waals surface area contributed by atoms with Gasteiger partial charge in [-0.2, -0.15) is 0 Å². The zero-order valence-corrected chi connectivity index (χ0v) is 38.6. The lowest BCUT2D eigenvalue weighted by atomic mass is 9.95. The number of halogens is 2. The molecule has 6 amide bonds. The number of carbonyl (C=O) groups excluding carboxylic acids is 7. The van der Waals surface area contributed by atoms with Gasteiger partial charge in [0.1, 0.15) is 30.0 Å². The molecule has 1 fully saturated rings. The first-order valence-electron chi connectivity index (χ1n) is 20.5. The lowest BCUT2D eigenvalue weighted by molar-refractivity contribution is -0.142. The zero-order valence-electron chi connectivity index (χ0n) is 37.0. The van der Waals surface area contributed by atoms with Gasteiger partial charge in [-0.15, -0.1) is 24.8 Å². The maximum atomic E-state index is 14.2. The quantitative estimate of drug-likeness (QED) is 0.0914. The number of hydrogen-bond donors (Lipinski definition) is 7. The van der Waals surface area contributed by atoms with Crippen LogP contribution in [-0.4, -0.2) is 109 Å². The Bertz CT molecular complexity index is 1530. The van der Waals surface area contributed by atoms with E-state index in [0.717, 1.165) is 5.56 Å². The Morgan fingerprint density at radius 2 is 1.17 bits per heavy atom. The summed E-state index contributed by atoms with van der Waals surface area (Å²) in [6.07, 6.45) is 0.215. The average molecular weight is 872 g/mol. The van der Waals surface area contributed by atoms with Crippen molar-refractivity contribution in [3.63, 3.8) is 0 Å². The summed E-state index contributed by atoms with van der Waals surface area (Å²) in [5.41, 5.74) is 0.893. The Hall–Kier alpha value is -3.79. The fraction of sp³-hybridized carbons (Fsp3) is 0.690. The summed E-state index contributed by atoms with van der Waals surface area (Å²) in [6.45, 7) is 18.4. The Kier molecular flexibility index (Phi) is 24.7. The Balaban J connectivity index is 0.0000168. The standard InChI is InChI=1S/C42H70N8O7.2ClH/c1-23(2)26(7)45-39(54)33(47-41(56)35(24(3)4)48-37(52)28(9)43-11)19-18-32(51)20-30-21-34(40(55)46-27(8)31-16-14-13-15-17-31)50(22-30)42(57)36(25(5)6)49-38(53)29(10)44-12;;/h13-17,23-30,33-36,43-44H,18-22H2,1-12H3,(H,45,54)(H,46,55)(H,47,56)(H,48,52)(H,49,53);2*1H/t26-,27+,28+,29-,30-,33+,34-,35+,36-;;/m0../s1. The van der Waals surface area contributed by atoms with Crippen molar-refractivity contribution in [3.05, 3.63) is 35.9 Å². The minimum Gasteiger partial charge on any atom is -0.352 e. The van der Waals surface area contributed by atoms with E-state index in [1.807, 2.05) is 71.9 Å². The van der Waals surface area contributed by atoms with Gasteiger partial charge in [-0.25, -0.2) is 0 Å². The summed E-state index contributed by atoms with van der Waals surface area (Å²) in [5, 5.41) is 20.1. The van der Waals surface area contributed by atoms with Gasteiger partial charge in [0.05, 0.1) is 18.1 Å². The smallest absolute Gasteiger partial charge is 0.246 e. The molecular weight excluding hydrogens is 799 g/mol. The minimum absolute atomic E-state index is 0. The summed E-state index contributed by atoms with van der Waals surface area (Å²) in [7, 11) is 3.29. The molecule has 1 saturated heterocycles. The molecule has 1 aromatic rings. The maximum Gasteiger partial charge on any atom is 0.246 e. The largest absolute Gasteiger partial charge is 0.352 e. The molecule has 9 atom stereocenters. The number of Topliss-reactive ketones (excluding diaryl/α,β-unsaturated/α-hetero) is 1. The Morgan fingerprint density at radius 3 is 1.66 bits per heavy atom. The van der Waals surface area contributed by atoms with Crippen molar-refractivity contribution in [2.45, 2.75) is 143 Å². The van der Waals surface area contributed by atoms with E-state index < -0.39 is 54.0 Å². The summed E-state index contributed by atoms with van der Waals surface area (Å²) in [4.78, 5) is 95.9. The molecule has 0 aliphatic carbocycles. The number of benzene rings is 1. The van der Waals surface area contributed by atoms with Crippen molar-refractivity contribution in [2.24, 2.45) is 23.7 Å². The van der Waals surface area contributed by atoms with E-state index in [9.17, 15) is 33.6 Å². The molecule has 0 bridgehead atoms. The van der Waals surface area contributed by atoms with Gasteiger partial charge >= 0.3 is 0 Å². The van der Waals surface area contributed by atoms with Gasteiger partial charge in [-0.1, -0.05) is 71.9 Å². The first-order chi connectivity index (χ1) is 26.7. The van der Waals surface area contributed by atoms with Crippen LogP contribution in [0.15, 0.2) is 30.3 Å². The second-order valence-electron chi connectivity index (χ2n) is 16.6. The molecule has 0 unspecified atom stereocenters. The van der Waals surface area contributed by atoms with Crippen LogP contribution >= 0.6 is 24.8 Å². The van der Waals surface area contributed by atoms with Crippen molar-refractivity contribution in [2.75, 3.05) is 20.6 Å². The second-order valence-corrected chi connectivity index (χ2v) is 16.6. The van der Waals surface area contributed by atoms with Crippen molar-refractivity contribution >= 4 is 66.0 Å². The molecule has 2 rings (SSSR count). The van der Waals surface area contributed by atoms with Gasteiger partial charge in [0.2, 0.25) is 35.4 Å². The normalized spacial score (nSPS) is 18.5. The van der Waals surface area contributed by atoms with Gasteiger partial charge in [-0.05, 0) is 83.9 Å². The highest BCUT2D eigenvalue weighted by Crippen LogP contribution is 2.29. The van der Waals surface area contributed by atoms with Crippen LogP contribution in [0.2, 0.25) is 0 Å². The van der Waals surface area contributed by atoms with Gasteiger partial charge in [-0.3, -0.25) is 33.6 Å². The molecule has 59 heavy (non-hydrogen) atoms. The minimum atomic E-state index is -1.06. The van der Waals surface area contributed by atoms with E-state index in [1.54, 1.807) is 41.8 Å². The summed E-state index contributed by atoms with van der Waals surface area (Å²) in [6, 6.07) is 4.04. The lowest BCUT2D eigenvalue weighted by Gasteiger charge is -2.31. The van der Waals surface area contributed by atoms with E-state index in [4.69, 9.17) is 0 Å². The predicted molar refractivity (Wildman–Crippen MR) is 235 cm³/mol. The summed E-state index contributed by atoms with van der Waals surface area (Å²) in [5.74, 6) is -3.48. The molecule has 7 N–H and O–H groups in total. The third kappa shape index (κ3) is 17.0. The van der Waals surface area contributed by atoms with Crippen LogP contribution in [-0.2, 0) is 33.6 Å². The average Bonchev–Trinajstić information content (AvgIpc) is 3.59. The molecule has 17 heteroatoms. The number of nitrogens with one attached hydrogen (secondary N) is 7. The van der Waals surface area contributed by atoms with Crippen LogP contribution in [0.5, 0.6) is 0 Å². The molecule has 1 aliphatic heterocycles. The van der Waals surface area contributed by atoms with Gasteiger partial charge in [0, 0.05) is 25.4 Å². The van der Waals surface area contributed by atoms with Gasteiger partial charge in [0.25, 0.3) is 0 Å². The number of nitrogens with zero attached hydrogens (tertiary/aromatic N) is 1. The summed E-state index contributed by atoms with van der Waals surface area (Å²) < 4.78 is 0. The molecule has 15 nitrogen and oxygen atoms in total. The molecule has 1 aliphatic rings. The highest BCUT2D eigenvalue weighted by Gasteiger charge is 2.43. The Labute approximate surface area is 364 Å². The van der Waals surface area contributed by atoms with Crippen LogP contribution in [0.1, 0.15) is 107 Å². The van der Waals surface area contributed by atoms with E-state index in [0.29, 0.717) is 0 Å². The Morgan fingerprint density at radius 1 is 0.644 bits per heavy atom. The number of amides is 6. The lowest BCUT2D eigenvalue weighted by Crippen LogP contribution is -2.58.